The van der Waals surface area contributed by atoms with E-state index in [-0.39, 0.29) is 62.0 Å². The molecule has 0 atom stereocenters. The Morgan fingerprint density at radius 1 is 1.08 bits per heavy atom. The molecule has 0 saturated heterocycles. The summed E-state index contributed by atoms with van der Waals surface area (Å²) < 4.78 is 29.3. The molecule has 0 unspecified atom stereocenters. The van der Waals surface area contributed by atoms with Crippen molar-refractivity contribution in [1.82, 2.24) is 0 Å². The van der Waals surface area contributed by atoms with Crippen LogP contribution in [0.1, 0.15) is 0 Å². The van der Waals surface area contributed by atoms with E-state index in [1.807, 2.05) is 0 Å². The van der Waals surface area contributed by atoms with Crippen molar-refractivity contribution in [1.29, 1.82) is 0 Å². The van der Waals surface area contributed by atoms with E-state index in [0.29, 0.717) is 0 Å². The SMILES string of the molecule is O=S(=O)(O)c1ccc(O)cc1.[K]. The zero-order valence-corrected chi connectivity index (χ0v) is 10.4. The molecule has 6 heteroatoms. The summed E-state index contributed by atoms with van der Waals surface area (Å²) in [5.74, 6) is -0.0441. The van der Waals surface area contributed by atoms with Gasteiger partial charge in [0.1, 0.15) is 5.75 Å². The first kappa shape index (κ1) is 12.6. The molecule has 1 rings (SSSR count). The molecular weight excluding hydrogens is 207 g/mol. The second-order valence-electron chi connectivity index (χ2n) is 1.97. The molecule has 0 aliphatic carbocycles. The van der Waals surface area contributed by atoms with E-state index in [1.54, 1.807) is 0 Å². The average Bonchev–Trinajstić information content (AvgIpc) is 1.86. The van der Waals surface area contributed by atoms with E-state index in [0.717, 1.165) is 12.1 Å². The first-order valence-corrected chi connectivity index (χ1v) is 4.21. The maximum atomic E-state index is 10.4. The predicted octanol–water partition coefficient (Wildman–Crippen LogP) is 0.258. The third-order valence-corrected chi connectivity index (χ3v) is 2.00. The molecule has 0 fully saturated rings. The Bertz CT molecular complexity index is 342. The fourth-order valence-electron chi connectivity index (χ4n) is 0.618. The van der Waals surface area contributed by atoms with Crippen molar-refractivity contribution in [2.24, 2.45) is 0 Å². The van der Waals surface area contributed by atoms with Crippen LogP contribution >= 0.6 is 0 Å². The summed E-state index contributed by atoms with van der Waals surface area (Å²) in [5.41, 5.74) is 0. The summed E-state index contributed by atoms with van der Waals surface area (Å²) in [6.45, 7) is 0. The second kappa shape index (κ2) is 4.71. The zero-order valence-electron chi connectivity index (χ0n) is 6.43. The van der Waals surface area contributed by atoms with Crippen LogP contribution in [-0.2, 0) is 10.1 Å². The Kier molecular flexibility index (Phi) is 4.93. The van der Waals surface area contributed by atoms with Gasteiger partial charge >= 0.3 is 0 Å². The van der Waals surface area contributed by atoms with Crippen LogP contribution < -0.4 is 0 Å². The van der Waals surface area contributed by atoms with Crippen LogP contribution in [0.2, 0.25) is 0 Å². The Morgan fingerprint density at radius 3 is 1.83 bits per heavy atom. The van der Waals surface area contributed by atoms with Crippen molar-refractivity contribution in [3.63, 3.8) is 0 Å². The van der Waals surface area contributed by atoms with E-state index >= 15 is 0 Å². The maximum absolute atomic E-state index is 10.4. The molecule has 0 spiro atoms. The van der Waals surface area contributed by atoms with Crippen LogP contribution in [0.3, 0.4) is 0 Å². The summed E-state index contributed by atoms with van der Waals surface area (Å²) in [4.78, 5) is -0.227. The fourth-order valence-corrected chi connectivity index (χ4v) is 1.10. The largest absolute Gasteiger partial charge is 0.508 e. The molecule has 0 bridgehead atoms. The standard InChI is InChI=1S/C6H6O4S.K/c7-5-1-3-6(4-2-5)11(8,9)10;/h1-4,7H,(H,8,9,10);. The predicted molar refractivity (Wildman–Crippen MR) is 43.7 cm³/mol. The number of aromatic hydroxyl groups is 1. The number of hydrogen-bond donors (Lipinski definition) is 2. The summed E-state index contributed by atoms with van der Waals surface area (Å²) in [6, 6.07) is 4.60. The van der Waals surface area contributed by atoms with Crippen molar-refractivity contribution in [2.45, 2.75) is 4.90 Å². The van der Waals surface area contributed by atoms with Gasteiger partial charge in [0.15, 0.2) is 0 Å². The Hall–Kier alpha value is 0.566. The van der Waals surface area contributed by atoms with Gasteiger partial charge in [-0.3, -0.25) is 4.55 Å². The molecule has 1 radical (unpaired) electrons. The first-order chi connectivity index (χ1) is 5.00. The molecule has 2 N–H and O–H groups in total. The summed E-state index contributed by atoms with van der Waals surface area (Å²) in [5, 5.41) is 8.75. The third kappa shape index (κ3) is 3.52. The van der Waals surface area contributed by atoms with Gasteiger partial charge in [-0.05, 0) is 24.3 Å². The number of rotatable bonds is 1. The number of hydrogen-bond acceptors (Lipinski definition) is 3. The van der Waals surface area contributed by atoms with E-state index in [1.165, 1.54) is 12.1 Å². The molecule has 0 saturated carbocycles. The fraction of sp³-hybridized carbons (Fsp3) is 0. The monoisotopic (exact) mass is 213 g/mol. The van der Waals surface area contributed by atoms with Gasteiger partial charge in [0, 0.05) is 51.4 Å². The normalized spacial score (nSPS) is 10.4. The minimum absolute atomic E-state index is 0. The number of phenols is 1. The van der Waals surface area contributed by atoms with Crippen molar-refractivity contribution >= 4 is 61.5 Å². The Labute approximate surface area is 113 Å². The van der Waals surface area contributed by atoms with E-state index in [4.69, 9.17) is 9.66 Å². The molecule has 0 aliphatic rings. The van der Waals surface area contributed by atoms with Crippen molar-refractivity contribution in [3.8, 4) is 5.75 Å². The Balaban J connectivity index is 0.00000121. The summed E-state index contributed by atoms with van der Waals surface area (Å²) >= 11 is 0. The second-order valence-corrected chi connectivity index (χ2v) is 3.39. The molecular formula is C6H6KO4S. The molecule has 12 heavy (non-hydrogen) atoms. The molecule has 1 aromatic rings. The minimum atomic E-state index is -4.13. The van der Waals surface area contributed by atoms with Gasteiger partial charge in [0.25, 0.3) is 10.1 Å². The van der Waals surface area contributed by atoms with Gasteiger partial charge in [0.2, 0.25) is 0 Å². The van der Waals surface area contributed by atoms with Gasteiger partial charge in [-0.2, -0.15) is 8.42 Å². The van der Waals surface area contributed by atoms with Gasteiger partial charge in [-0.15, -0.1) is 0 Å². The van der Waals surface area contributed by atoms with E-state index in [2.05, 4.69) is 0 Å². The van der Waals surface area contributed by atoms with Gasteiger partial charge in [-0.1, -0.05) is 0 Å². The molecule has 0 aliphatic heterocycles. The van der Waals surface area contributed by atoms with Crippen molar-refractivity contribution < 1.29 is 18.1 Å². The Morgan fingerprint density at radius 2 is 1.50 bits per heavy atom. The quantitative estimate of drug-likeness (QED) is 0.518. The van der Waals surface area contributed by atoms with Crippen LogP contribution in [0.4, 0.5) is 0 Å². The molecule has 0 amide bonds. The summed E-state index contributed by atoms with van der Waals surface area (Å²) in [7, 11) is -4.13. The topological polar surface area (TPSA) is 74.6 Å². The molecule has 61 valence electrons. The number of phenolic OH excluding ortho intramolecular Hbond substituents is 1. The minimum Gasteiger partial charge on any atom is -0.508 e. The molecule has 0 heterocycles. The van der Waals surface area contributed by atoms with Crippen LogP contribution in [0.5, 0.6) is 5.75 Å². The maximum Gasteiger partial charge on any atom is 0.294 e. The van der Waals surface area contributed by atoms with Crippen LogP contribution in [-0.4, -0.2) is 69.5 Å². The molecule has 4 nitrogen and oxygen atoms in total. The van der Waals surface area contributed by atoms with Crippen LogP contribution in [0.25, 0.3) is 0 Å². The van der Waals surface area contributed by atoms with Crippen LogP contribution in [0, 0.1) is 0 Å². The zero-order chi connectivity index (χ0) is 8.48. The number of benzene rings is 1. The molecule has 1 aromatic carbocycles. The summed E-state index contributed by atoms with van der Waals surface area (Å²) in [6.07, 6.45) is 0. The average molecular weight is 213 g/mol. The first-order valence-electron chi connectivity index (χ1n) is 2.77. The van der Waals surface area contributed by atoms with Gasteiger partial charge in [-0.25, -0.2) is 0 Å². The van der Waals surface area contributed by atoms with Gasteiger partial charge < -0.3 is 5.11 Å². The molecule has 0 aromatic heterocycles. The van der Waals surface area contributed by atoms with Crippen molar-refractivity contribution in [3.05, 3.63) is 24.3 Å². The smallest absolute Gasteiger partial charge is 0.294 e. The van der Waals surface area contributed by atoms with Crippen LogP contribution in [0.15, 0.2) is 29.2 Å². The van der Waals surface area contributed by atoms with E-state index in [9.17, 15) is 8.42 Å². The third-order valence-electron chi connectivity index (χ3n) is 1.13. The van der Waals surface area contributed by atoms with Crippen molar-refractivity contribution in [2.75, 3.05) is 0 Å². The van der Waals surface area contributed by atoms with E-state index < -0.39 is 10.1 Å². The van der Waals surface area contributed by atoms with Gasteiger partial charge in [0.05, 0.1) is 4.90 Å².